The van der Waals surface area contributed by atoms with E-state index in [-0.39, 0.29) is 0 Å². The molecule has 0 saturated heterocycles. The Bertz CT molecular complexity index is 257. The van der Waals surface area contributed by atoms with Crippen molar-refractivity contribution < 1.29 is 4.74 Å². The van der Waals surface area contributed by atoms with Gasteiger partial charge < -0.3 is 10.5 Å². The predicted octanol–water partition coefficient (Wildman–Crippen LogP) is 1.12. The van der Waals surface area contributed by atoms with E-state index in [0.717, 1.165) is 10.5 Å². The van der Waals surface area contributed by atoms with Gasteiger partial charge in [-0.15, -0.1) is 0 Å². The molecule has 0 atom stereocenters. The van der Waals surface area contributed by atoms with Gasteiger partial charge in [0.05, 0.1) is 12.0 Å². The van der Waals surface area contributed by atoms with Crippen LogP contribution in [0.15, 0.2) is 12.8 Å². The monoisotopic (exact) mass is 170 g/mol. The summed E-state index contributed by atoms with van der Waals surface area (Å²) in [6.45, 7) is 4.24. The van der Waals surface area contributed by atoms with Crippen LogP contribution in [0.4, 0.5) is 0 Å². The molecular weight excluding hydrogens is 160 g/mol. The first-order valence-corrected chi connectivity index (χ1v) is 3.97. The Morgan fingerprint density at radius 2 is 2.64 bits per heavy atom. The van der Waals surface area contributed by atoms with E-state index in [4.69, 9.17) is 10.5 Å². The van der Waals surface area contributed by atoms with Crippen molar-refractivity contribution in [1.29, 1.82) is 0 Å². The fraction of sp³-hybridized carbons (Fsp3) is 0.286. The molecule has 11 heavy (non-hydrogen) atoms. The Kier molecular flexibility index (Phi) is 2.62. The molecule has 3 nitrogen and oxygen atoms in total. The minimum atomic E-state index is 0.464. The lowest BCUT2D eigenvalue weighted by molar-refractivity contribution is 0.412. The van der Waals surface area contributed by atoms with Crippen molar-refractivity contribution in [3.63, 3.8) is 0 Å². The number of nitrogens with zero attached hydrogens (tertiary/aromatic N) is 1. The molecule has 60 valence electrons. The third-order valence-electron chi connectivity index (χ3n) is 1.25. The number of nitrogens with two attached hydrogens (primary N) is 1. The molecule has 0 aliphatic rings. The highest BCUT2D eigenvalue weighted by molar-refractivity contribution is 7.14. The SMILES string of the molecule is C=C(CN)c1cnc(OC)s1. The number of aromatic nitrogens is 1. The topological polar surface area (TPSA) is 48.1 Å². The van der Waals surface area contributed by atoms with Crippen molar-refractivity contribution >= 4 is 16.9 Å². The van der Waals surface area contributed by atoms with E-state index in [2.05, 4.69) is 11.6 Å². The van der Waals surface area contributed by atoms with E-state index in [1.165, 1.54) is 11.3 Å². The van der Waals surface area contributed by atoms with Crippen LogP contribution in [0.3, 0.4) is 0 Å². The van der Waals surface area contributed by atoms with Crippen LogP contribution in [0.5, 0.6) is 5.19 Å². The van der Waals surface area contributed by atoms with Crippen molar-refractivity contribution in [2.24, 2.45) is 5.73 Å². The molecule has 1 heterocycles. The summed E-state index contributed by atoms with van der Waals surface area (Å²) >= 11 is 1.45. The maximum absolute atomic E-state index is 5.39. The zero-order chi connectivity index (χ0) is 8.27. The van der Waals surface area contributed by atoms with Gasteiger partial charge in [0.15, 0.2) is 0 Å². The standard InChI is InChI=1S/C7H10N2OS/c1-5(3-8)6-4-9-7(10-2)11-6/h4H,1,3,8H2,2H3. The van der Waals surface area contributed by atoms with E-state index < -0.39 is 0 Å². The second-order valence-electron chi connectivity index (χ2n) is 2.00. The Morgan fingerprint density at radius 3 is 3.09 bits per heavy atom. The first kappa shape index (κ1) is 8.23. The molecule has 0 amide bonds. The van der Waals surface area contributed by atoms with Crippen molar-refractivity contribution in [2.75, 3.05) is 13.7 Å². The lowest BCUT2D eigenvalue weighted by Crippen LogP contribution is -1.98. The zero-order valence-corrected chi connectivity index (χ0v) is 7.15. The van der Waals surface area contributed by atoms with Crippen molar-refractivity contribution in [3.05, 3.63) is 17.7 Å². The summed E-state index contributed by atoms with van der Waals surface area (Å²) in [6, 6.07) is 0. The Hall–Kier alpha value is -0.870. The molecule has 0 fully saturated rings. The van der Waals surface area contributed by atoms with Crippen LogP contribution in [-0.4, -0.2) is 18.6 Å². The summed E-state index contributed by atoms with van der Waals surface area (Å²) in [5, 5.41) is 0.648. The van der Waals surface area contributed by atoms with Crippen LogP contribution >= 0.6 is 11.3 Å². The number of methoxy groups -OCH3 is 1. The summed E-state index contributed by atoms with van der Waals surface area (Å²) in [4.78, 5) is 4.97. The number of ether oxygens (including phenoxy) is 1. The number of hydrogen-bond donors (Lipinski definition) is 1. The Balaban J connectivity index is 2.80. The maximum Gasteiger partial charge on any atom is 0.273 e. The molecule has 1 rings (SSSR count). The van der Waals surface area contributed by atoms with E-state index in [1.807, 2.05) is 0 Å². The van der Waals surface area contributed by atoms with Crippen molar-refractivity contribution in [3.8, 4) is 5.19 Å². The normalized spacial score (nSPS) is 9.64. The molecule has 0 bridgehead atoms. The molecule has 4 heteroatoms. The molecule has 2 N–H and O–H groups in total. The van der Waals surface area contributed by atoms with E-state index in [1.54, 1.807) is 13.3 Å². The molecule has 1 aromatic rings. The summed E-state index contributed by atoms with van der Waals surface area (Å²) in [5.74, 6) is 0. The van der Waals surface area contributed by atoms with Crippen LogP contribution < -0.4 is 10.5 Å². The zero-order valence-electron chi connectivity index (χ0n) is 6.33. The van der Waals surface area contributed by atoms with E-state index in [9.17, 15) is 0 Å². The van der Waals surface area contributed by atoms with Gasteiger partial charge in [0, 0.05) is 12.7 Å². The number of rotatable bonds is 3. The minimum Gasteiger partial charge on any atom is -0.473 e. The summed E-state index contributed by atoms with van der Waals surface area (Å²) in [7, 11) is 1.59. The molecular formula is C7H10N2OS. The van der Waals surface area contributed by atoms with Crippen LogP contribution in [0.1, 0.15) is 4.88 Å². The van der Waals surface area contributed by atoms with E-state index >= 15 is 0 Å². The largest absolute Gasteiger partial charge is 0.473 e. The molecule has 0 saturated carbocycles. The second-order valence-corrected chi connectivity index (χ2v) is 3.00. The molecule has 0 aliphatic carbocycles. The van der Waals surface area contributed by atoms with Crippen molar-refractivity contribution in [2.45, 2.75) is 0 Å². The molecule has 0 spiro atoms. The highest BCUT2D eigenvalue weighted by atomic mass is 32.1. The van der Waals surface area contributed by atoms with Gasteiger partial charge in [-0.2, -0.15) is 0 Å². The van der Waals surface area contributed by atoms with Gasteiger partial charge in [0.1, 0.15) is 0 Å². The first-order chi connectivity index (χ1) is 5.27. The first-order valence-electron chi connectivity index (χ1n) is 3.16. The highest BCUT2D eigenvalue weighted by Crippen LogP contribution is 2.24. The lowest BCUT2D eigenvalue weighted by Gasteiger charge is -1.93. The molecule has 0 aromatic carbocycles. The second kappa shape index (κ2) is 3.50. The van der Waals surface area contributed by atoms with Crippen LogP contribution in [0.2, 0.25) is 0 Å². The van der Waals surface area contributed by atoms with E-state index in [0.29, 0.717) is 11.7 Å². The average molecular weight is 170 g/mol. The lowest BCUT2D eigenvalue weighted by atomic mass is 10.3. The van der Waals surface area contributed by atoms with Crippen LogP contribution in [-0.2, 0) is 0 Å². The molecule has 0 aliphatic heterocycles. The molecule has 1 aromatic heterocycles. The summed E-state index contributed by atoms with van der Waals surface area (Å²) < 4.78 is 4.91. The molecule has 0 unspecified atom stereocenters. The Morgan fingerprint density at radius 1 is 1.91 bits per heavy atom. The fourth-order valence-electron chi connectivity index (χ4n) is 0.617. The average Bonchev–Trinajstić information content (AvgIpc) is 2.50. The quantitative estimate of drug-likeness (QED) is 0.739. The maximum atomic E-state index is 5.39. The smallest absolute Gasteiger partial charge is 0.273 e. The number of thiazole rings is 1. The van der Waals surface area contributed by atoms with Gasteiger partial charge in [0.2, 0.25) is 0 Å². The summed E-state index contributed by atoms with van der Waals surface area (Å²) in [5.41, 5.74) is 6.29. The van der Waals surface area contributed by atoms with Gasteiger partial charge in [-0.1, -0.05) is 17.9 Å². The Labute approximate surface area is 69.5 Å². The highest BCUT2D eigenvalue weighted by Gasteiger charge is 2.02. The van der Waals surface area contributed by atoms with Crippen molar-refractivity contribution in [1.82, 2.24) is 4.98 Å². The fourth-order valence-corrected chi connectivity index (χ4v) is 1.33. The van der Waals surface area contributed by atoms with Crippen LogP contribution in [0.25, 0.3) is 5.57 Å². The summed E-state index contributed by atoms with van der Waals surface area (Å²) in [6.07, 6.45) is 1.72. The third-order valence-corrected chi connectivity index (χ3v) is 2.31. The van der Waals surface area contributed by atoms with Gasteiger partial charge in [-0.25, -0.2) is 4.98 Å². The van der Waals surface area contributed by atoms with Gasteiger partial charge in [-0.05, 0) is 5.57 Å². The van der Waals surface area contributed by atoms with Gasteiger partial charge in [-0.3, -0.25) is 0 Å². The minimum absolute atomic E-state index is 0.464. The predicted molar refractivity (Wildman–Crippen MR) is 46.8 cm³/mol. The third kappa shape index (κ3) is 1.78. The van der Waals surface area contributed by atoms with Gasteiger partial charge >= 0.3 is 0 Å². The van der Waals surface area contributed by atoms with Crippen LogP contribution in [0, 0.1) is 0 Å². The van der Waals surface area contributed by atoms with Gasteiger partial charge in [0.25, 0.3) is 5.19 Å². The number of hydrogen-bond acceptors (Lipinski definition) is 4. The molecule has 0 radical (unpaired) electrons.